The Morgan fingerprint density at radius 3 is 2.62 bits per heavy atom. The third kappa shape index (κ3) is 4.39. The minimum absolute atomic E-state index is 0.168. The van der Waals surface area contributed by atoms with Crippen molar-refractivity contribution in [2.75, 3.05) is 26.8 Å². The summed E-state index contributed by atoms with van der Waals surface area (Å²) in [6.07, 6.45) is 2.18. The topological polar surface area (TPSA) is 60.2 Å². The normalized spacial score (nSPS) is 15.4. The second-order valence-electron chi connectivity index (χ2n) is 6.25. The Morgan fingerprint density at radius 2 is 1.96 bits per heavy atom. The number of amides is 1. The zero-order valence-electron chi connectivity index (χ0n) is 15.0. The highest BCUT2D eigenvalue weighted by Crippen LogP contribution is 2.28. The number of ether oxygens (including phenoxy) is 1. The maximum Gasteiger partial charge on any atom is 0.235 e. The molecule has 3 rings (SSSR count). The van der Waals surface area contributed by atoms with Gasteiger partial charge in [0, 0.05) is 30.8 Å². The van der Waals surface area contributed by atoms with Crippen molar-refractivity contribution in [2.24, 2.45) is 0 Å². The molecule has 1 amide bonds. The number of hydrogen-bond acceptors (Lipinski definition) is 5. The number of benzene rings is 1. The van der Waals surface area contributed by atoms with E-state index in [1.54, 1.807) is 7.11 Å². The van der Waals surface area contributed by atoms with Crippen LogP contribution in [0.15, 0.2) is 29.4 Å². The summed E-state index contributed by atoms with van der Waals surface area (Å²) in [5, 5.41) is 9.89. The highest BCUT2D eigenvalue weighted by molar-refractivity contribution is 8.00. The van der Waals surface area contributed by atoms with Gasteiger partial charge in [0.25, 0.3) is 0 Å². The zero-order chi connectivity index (χ0) is 18.5. The number of aromatic nitrogens is 3. The molecule has 26 heavy (non-hydrogen) atoms. The van der Waals surface area contributed by atoms with Gasteiger partial charge in [-0.15, -0.1) is 10.2 Å². The molecule has 6 nitrogen and oxygen atoms in total. The lowest BCUT2D eigenvalue weighted by atomic mass is 10.2. The Morgan fingerprint density at radius 1 is 1.27 bits per heavy atom. The fraction of sp³-hybridized carbons (Fsp3) is 0.500. The van der Waals surface area contributed by atoms with E-state index in [9.17, 15) is 4.79 Å². The number of halogens is 1. The number of likely N-dealkylation sites (tertiary alicyclic amines) is 1. The Kier molecular flexibility index (Phi) is 6.56. The molecule has 1 aliphatic rings. The molecule has 2 heterocycles. The van der Waals surface area contributed by atoms with Crippen molar-refractivity contribution < 1.29 is 9.53 Å². The SMILES string of the molecule is COCCn1c(S[C@@H](C)C(=O)N2CCCC2)nnc1-c1ccc(Cl)cc1. The van der Waals surface area contributed by atoms with Gasteiger partial charge in [-0.25, -0.2) is 0 Å². The highest BCUT2D eigenvalue weighted by Gasteiger charge is 2.26. The van der Waals surface area contributed by atoms with Crippen LogP contribution in [0, 0.1) is 0 Å². The van der Waals surface area contributed by atoms with Crippen LogP contribution < -0.4 is 0 Å². The first-order valence-corrected chi connectivity index (χ1v) is 9.99. The van der Waals surface area contributed by atoms with Crippen molar-refractivity contribution >= 4 is 29.3 Å². The average Bonchev–Trinajstić information content (AvgIpc) is 3.30. The van der Waals surface area contributed by atoms with E-state index in [1.165, 1.54) is 11.8 Å². The van der Waals surface area contributed by atoms with Crippen LogP contribution in [-0.2, 0) is 16.1 Å². The number of thioether (sulfide) groups is 1. The highest BCUT2D eigenvalue weighted by atomic mass is 35.5. The van der Waals surface area contributed by atoms with Gasteiger partial charge in [-0.2, -0.15) is 0 Å². The first-order chi connectivity index (χ1) is 12.6. The summed E-state index contributed by atoms with van der Waals surface area (Å²) in [4.78, 5) is 14.5. The number of carbonyl (C=O) groups excluding carboxylic acids is 1. The molecule has 1 fully saturated rings. The van der Waals surface area contributed by atoms with Crippen molar-refractivity contribution in [1.29, 1.82) is 0 Å². The molecule has 0 aliphatic carbocycles. The molecule has 0 bridgehead atoms. The Bertz CT molecular complexity index is 744. The van der Waals surface area contributed by atoms with Crippen molar-refractivity contribution in [3.63, 3.8) is 0 Å². The molecule has 2 aromatic rings. The second-order valence-corrected chi connectivity index (χ2v) is 7.99. The molecule has 0 N–H and O–H groups in total. The first kappa shape index (κ1) is 19.2. The lowest BCUT2D eigenvalue weighted by Crippen LogP contribution is -2.34. The molecular weight excluding hydrogens is 372 g/mol. The average molecular weight is 395 g/mol. The molecule has 1 atom stereocenters. The molecule has 1 aromatic heterocycles. The number of methoxy groups -OCH3 is 1. The fourth-order valence-corrected chi connectivity index (χ4v) is 4.06. The molecule has 1 saturated heterocycles. The standard InChI is InChI=1S/C18H23ClN4O2S/c1-13(17(24)22-9-3-4-10-22)26-18-21-20-16(23(18)11-12-25-2)14-5-7-15(19)8-6-14/h5-8,13H,3-4,9-12H2,1-2H3/t13-/m0/s1. The molecule has 0 spiro atoms. The third-order valence-corrected chi connectivity index (χ3v) is 5.71. The fourth-order valence-electron chi connectivity index (χ4n) is 2.98. The predicted octanol–water partition coefficient (Wildman–Crippen LogP) is 3.35. The molecule has 1 aliphatic heterocycles. The molecule has 140 valence electrons. The number of nitrogens with zero attached hydrogens (tertiary/aromatic N) is 4. The van der Waals surface area contributed by atoms with Gasteiger partial charge in [-0.05, 0) is 44.0 Å². The van der Waals surface area contributed by atoms with Crippen LogP contribution in [-0.4, -0.2) is 57.6 Å². The van der Waals surface area contributed by atoms with E-state index in [0.717, 1.165) is 42.5 Å². The second kappa shape index (κ2) is 8.88. The van der Waals surface area contributed by atoms with Crippen molar-refractivity contribution in [2.45, 2.75) is 36.7 Å². The Labute approximate surface area is 162 Å². The Balaban J connectivity index is 1.81. The van der Waals surface area contributed by atoms with E-state index in [2.05, 4.69) is 10.2 Å². The maximum atomic E-state index is 12.6. The summed E-state index contributed by atoms with van der Waals surface area (Å²) < 4.78 is 7.24. The Hall–Kier alpha value is -1.57. The molecule has 1 aromatic carbocycles. The van der Waals surface area contributed by atoms with Crippen LogP contribution in [0.2, 0.25) is 5.02 Å². The molecule has 8 heteroatoms. The summed E-state index contributed by atoms with van der Waals surface area (Å²) in [6, 6.07) is 7.50. The summed E-state index contributed by atoms with van der Waals surface area (Å²) >= 11 is 7.44. The largest absolute Gasteiger partial charge is 0.383 e. The van der Waals surface area contributed by atoms with E-state index in [4.69, 9.17) is 16.3 Å². The maximum absolute atomic E-state index is 12.6. The monoisotopic (exact) mass is 394 g/mol. The predicted molar refractivity (Wildman–Crippen MR) is 103 cm³/mol. The number of carbonyl (C=O) groups is 1. The van der Waals surface area contributed by atoms with Gasteiger partial charge in [-0.1, -0.05) is 23.4 Å². The van der Waals surface area contributed by atoms with Gasteiger partial charge in [0.15, 0.2) is 11.0 Å². The van der Waals surface area contributed by atoms with Crippen LogP contribution >= 0.6 is 23.4 Å². The molecule has 0 radical (unpaired) electrons. The van der Waals surface area contributed by atoms with E-state index < -0.39 is 0 Å². The van der Waals surface area contributed by atoms with Crippen molar-refractivity contribution in [1.82, 2.24) is 19.7 Å². The molecule has 0 saturated carbocycles. The van der Waals surface area contributed by atoms with E-state index in [-0.39, 0.29) is 11.2 Å². The van der Waals surface area contributed by atoms with Crippen LogP contribution in [0.25, 0.3) is 11.4 Å². The summed E-state index contributed by atoms with van der Waals surface area (Å²) in [5.74, 6) is 0.920. The van der Waals surface area contributed by atoms with Crippen LogP contribution in [0.1, 0.15) is 19.8 Å². The van der Waals surface area contributed by atoms with Gasteiger partial charge in [-0.3, -0.25) is 9.36 Å². The quantitative estimate of drug-likeness (QED) is 0.674. The third-order valence-electron chi connectivity index (χ3n) is 4.39. The van der Waals surface area contributed by atoms with Gasteiger partial charge in [0.1, 0.15) is 0 Å². The summed E-state index contributed by atoms with van der Waals surface area (Å²) in [6.45, 7) is 4.81. The number of hydrogen-bond donors (Lipinski definition) is 0. The lowest BCUT2D eigenvalue weighted by Gasteiger charge is -2.20. The first-order valence-electron chi connectivity index (χ1n) is 8.73. The van der Waals surface area contributed by atoms with Crippen LogP contribution in [0.4, 0.5) is 0 Å². The minimum Gasteiger partial charge on any atom is -0.383 e. The van der Waals surface area contributed by atoms with Crippen LogP contribution in [0.3, 0.4) is 0 Å². The van der Waals surface area contributed by atoms with E-state index >= 15 is 0 Å². The van der Waals surface area contributed by atoms with E-state index in [0.29, 0.717) is 18.2 Å². The van der Waals surface area contributed by atoms with Gasteiger partial charge >= 0.3 is 0 Å². The smallest absolute Gasteiger partial charge is 0.235 e. The summed E-state index contributed by atoms with van der Waals surface area (Å²) in [7, 11) is 1.67. The van der Waals surface area contributed by atoms with Crippen molar-refractivity contribution in [3.05, 3.63) is 29.3 Å². The van der Waals surface area contributed by atoms with Gasteiger partial charge < -0.3 is 9.64 Å². The number of rotatable bonds is 7. The van der Waals surface area contributed by atoms with Gasteiger partial charge in [0.05, 0.1) is 18.4 Å². The summed E-state index contributed by atoms with van der Waals surface area (Å²) in [5.41, 5.74) is 0.934. The molecular formula is C18H23ClN4O2S. The van der Waals surface area contributed by atoms with Crippen LogP contribution in [0.5, 0.6) is 0 Å². The lowest BCUT2D eigenvalue weighted by molar-refractivity contribution is -0.129. The zero-order valence-corrected chi connectivity index (χ0v) is 16.6. The van der Waals surface area contributed by atoms with Gasteiger partial charge in [0.2, 0.25) is 5.91 Å². The van der Waals surface area contributed by atoms with E-state index in [1.807, 2.05) is 40.7 Å². The molecule has 0 unspecified atom stereocenters. The van der Waals surface area contributed by atoms with Crippen molar-refractivity contribution in [3.8, 4) is 11.4 Å². The minimum atomic E-state index is -0.198.